The first kappa shape index (κ1) is 17.5. The molecule has 1 saturated heterocycles. The molecule has 1 amide bonds. The molecule has 1 unspecified atom stereocenters. The molecule has 1 aliphatic rings. The number of benzene rings is 2. The minimum atomic E-state index is 0.0710. The van der Waals surface area contributed by atoms with Gasteiger partial charge in [-0.05, 0) is 44.0 Å². The molecule has 0 aromatic heterocycles. The lowest BCUT2D eigenvalue weighted by molar-refractivity contribution is -0.903. The molecule has 2 aromatic carbocycles. The van der Waals surface area contributed by atoms with E-state index in [0.717, 1.165) is 31.9 Å². The largest absolute Gasteiger partial charge is 0.372 e. The molecule has 25 heavy (non-hydrogen) atoms. The van der Waals surface area contributed by atoms with E-state index in [9.17, 15) is 4.79 Å². The van der Waals surface area contributed by atoms with Gasteiger partial charge in [-0.2, -0.15) is 0 Å². The van der Waals surface area contributed by atoms with E-state index in [-0.39, 0.29) is 5.91 Å². The van der Waals surface area contributed by atoms with E-state index in [0.29, 0.717) is 6.54 Å². The van der Waals surface area contributed by atoms with E-state index in [1.807, 2.05) is 30.3 Å². The molecule has 0 bridgehead atoms. The summed E-state index contributed by atoms with van der Waals surface area (Å²) in [5, 5.41) is 3.03. The summed E-state index contributed by atoms with van der Waals surface area (Å²) in [6, 6.07) is 18.6. The first-order valence-corrected chi connectivity index (χ1v) is 9.27. The molecule has 1 atom stereocenters. The molecule has 1 heterocycles. The third-order valence-corrected chi connectivity index (χ3v) is 4.83. The van der Waals surface area contributed by atoms with Gasteiger partial charge in [0.2, 0.25) is 0 Å². The zero-order valence-electron chi connectivity index (χ0n) is 15.0. The van der Waals surface area contributed by atoms with Crippen molar-refractivity contribution in [1.82, 2.24) is 0 Å². The first-order chi connectivity index (χ1) is 12.2. The molecule has 0 aliphatic carbocycles. The van der Waals surface area contributed by atoms with E-state index in [2.05, 4.69) is 41.4 Å². The van der Waals surface area contributed by atoms with Gasteiger partial charge in [0.05, 0.1) is 6.54 Å². The van der Waals surface area contributed by atoms with Crippen LogP contribution >= 0.6 is 0 Å². The quantitative estimate of drug-likeness (QED) is 0.813. The number of anilines is 2. The van der Waals surface area contributed by atoms with Crippen molar-refractivity contribution in [3.8, 4) is 0 Å². The number of carbonyl (C=O) groups is 1. The van der Waals surface area contributed by atoms with Gasteiger partial charge in [-0.3, -0.25) is 4.79 Å². The SMILES string of the molecule is CC[NH+](CC(=O)Nc1ccc(N2CCCC2)cc1)Cc1ccccc1. The fourth-order valence-electron chi connectivity index (χ4n) is 3.36. The molecule has 2 aromatic rings. The summed E-state index contributed by atoms with van der Waals surface area (Å²) in [7, 11) is 0. The van der Waals surface area contributed by atoms with Crippen molar-refractivity contribution >= 4 is 17.3 Å². The monoisotopic (exact) mass is 338 g/mol. The maximum atomic E-state index is 12.4. The van der Waals surface area contributed by atoms with Gasteiger partial charge < -0.3 is 15.1 Å². The summed E-state index contributed by atoms with van der Waals surface area (Å²) < 4.78 is 0. The third-order valence-electron chi connectivity index (χ3n) is 4.83. The lowest BCUT2D eigenvalue weighted by atomic mass is 10.2. The van der Waals surface area contributed by atoms with Crippen molar-refractivity contribution in [1.29, 1.82) is 0 Å². The smallest absolute Gasteiger partial charge is 0.279 e. The molecule has 1 aliphatic heterocycles. The van der Waals surface area contributed by atoms with E-state index in [1.54, 1.807) is 0 Å². The minimum Gasteiger partial charge on any atom is -0.372 e. The molecule has 132 valence electrons. The van der Waals surface area contributed by atoms with Crippen molar-refractivity contribution < 1.29 is 9.69 Å². The number of nitrogens with zero attached hydrogens (tertiary/aromatic N) is 1. The Balaban J connectivity index is 1.52. The average Bonchev–Trinajstić information content (AvgIpc) is 3.17. The zero-order valence-corrected chi connectivity index (χ0v) is 15.0. The molecule has 2 N–H and O–H groups in total. The van der Waals surface area contributed by atoms with Crippen LogP contribution in [0.5, 0.6) is 0 Å². The van der Waals surface area contributed by atoms with E-state index in [1.165, 1.54) is 29.0 Å². The molecular formula is C21H28N3O+. The highest BCUT2D eigenvalue weighted by Gasteiger charge is 2.14. The molecule has 4 heteroatoms. The van der Waals surface area contributed by atoms with Crippen LogP contribution in [-0.4, -0.2) is 32.1 Å². The van der Waals surface area contributed by atoms with E-state index < -0.39 is 0 Å². The summed E-state index contributed by atoms with van der Waals surface area (Å²) >= 11 is 0. The maximum Gasteiger partial charge on any atom is 0.279 e. The molecule has 0 radical (unpaired) electrons. The number of hydrogen-bond donors (Lipinski definition) is 2. The van der Waals surface area contributed by atoms with Gasteiger partial charge in [0.25, 0.3) is 5.91 Å². The highest BCUT2D eigenvalue weighted by molar-refractivity contribution is 5.91. The van der Waals surface area contributed by atoms with Crippen LogP contribution in [0.1, 0.15) is 25.3 Å². The first-order valence-electron chi connectivity index (χ1n) is 9.27. The van der Waals surface area contributed by atoms with Crippen LogP contribution in [0, 0.1) is 0 Å². The number of quaternary nitrogens is 1. The van der Waals surface area contributed by atoms with Crippen molar-refractivity contribution in [2.24, 2.45) is 0 Å². The summed E-state index contributed by atoms with van der Waals surface area (Å²) in [5.74, 6) is 0.0710. The second-order valence-electron chi connectivity index (χ2n) is 6.73. The fourth-order valence-corrected chi connectivity index (χ4v) is 3.36. The van der Waals surface area contributed by atoms with Gasteiger partial charge >= 0.3 is 0 Å². The van der Waals surface area contributed by atoms with Crippen LogP contribution in [0.2, 0.25) is 0 Å². The number of amides is 1. The highest BCUT2D eigenvalue weighted by Crippen LogP contribution is 2.21. The minimum absolute atomic E-state index is 0.0710. The van der Waals surface area contributed by atoms with Gasteiger partial charge in [0.15, 0.2) is 6.54 Å². The normalized spacial score (nSPS) is 15.2. The Hall–Kier alpha value is -2.33. The Labute approximate surface area is 150 Å². The Morgan fingerprint density at radius 2 is 1.72 bits per heavy atom. The molecule has 0 spiro atoms. The number of carbonyl (C=O) groups excluding carboxylic acids is 1. The van der Waals surface area contributed by atoms with Gasteiger partial charge in [-0.25, -0.2) is 0 Å². The highest BCUT2D eigenvalue weighted by atomic mass is 16.2. The van der Waals surface area contributed by atoms with Crippen molar-refractivity contribution in [2.75, 3.05) is 36.4 Å². The predicted octanol–water partition coefficient (Wildman–Crippen LogP) is 2.33. The standard InChI is InChI=1S/C21H27N3O/c1-2-23(16-18-8-4-3-5-9-18)17-21(25)22-19-10-12-20(13-11-19)24-14-6-7-15-24/h3-5,8-13H,2,6-7,14-17H2,1H3,(H,22,25)/p+1. The second-order valence-corrected chi connectivity index (χ2v) is 6.73. The Morgan fingerprint density at radius 3 is 2.36 bits per heavy atom. The molecular weight excluding hydrogens is 310 g/mol. The van der Waals surface area contributed by atoms with Crippen LogP contribution < -0.4 is 15.1 Å². The Morgan fingerprint density at radius 1 is 1.04 bits per heavy atom. The van der Waals surface area contributed by atoms with Crippen LogP contribution in [0.25, 0.3) is 0 Å². The van der Waals surface area contributed by atoms with Crippen LogP contribution in [0.3, 0.4) is 0 Å². The van der Waals surface area contributed by atoms with E-state index >= 15 is 0 Å². The third kappa shape index (κ3) is 5.07. The summed E-state index contributed by atoms with van der Waals surface area (Å²) in [5.41, 5.74) is 3.39. The van der Waals surface area contributed by atoms with Crippen molar-refractivity contribution in [3.63, 3.8) is 0 Å². The number of rotatable bonds is 7. The van der Waals surface area contributed by atoms with Crippen LogP contribution in [0.15, 0.2) is 54.6 Å². The molecule has 3 rings (SSSR count). The summed E-state index contributed by atoms with van der Waals surface area (Å²) in [6.07, 6.45) is 2.55. The van der Waals surface area contributed by atoms with Crippen molar-refractivity contribution in [2.45, 2.75) is 26.3 Å². The van der Waals surface area contributed by atoms with Gasteiger partial charge in [0, 0.05) is 30.0 Å². The lowest BCUT2D eigenvalue weighted by Gasteiger charge is -2.19. The van der Waals surface area contributed by atoms with Crippen molar-refractivity contribution in [3.05, 3.63) is 60.2 Å². The predicted molar refractivity (Wildman–Crippen MR) is 103 cm³/mol. The number of likely N-dealkylation sites (N-methyl/N-ethyl adjacent to an activating group) is 1. The molecule has 0 saturated carbocycles. The fraction of sp³-hybridized carbons (Fsp3) is 0.381. The van der Waals surface area contributed by atoms with Gasteiger partial charge in [-0.15, -0.1) is 0 Å². The molecule has 4 nitrogen and oxygen atoms in total. The second kappa shape index (κ2) is 8.67. The van der Waals surface area contributed by atoms with Gasteiger partial charge in [0.1, 0.15) is 6.54 Å². The number of hydrogen-bond acceptors (Lipinski definition) is 2. The lowest BCUT2D eigenvalue weighted by Crippen LogP contribution is -3.11. The Bertz CT molecular complexity index is 663. The topological polar surface area (TPSA) is 36.8 Å². The maximum absolute atomic E-state index is 12.4. The Kier molecular flexibility index (Phi) is 6.07. The van der Waals surface area contributed by atoms with E-state index in [4.69, 9.17) is 0 Å². The van der Waals surface area contributed by atoms with Gasteiger partial charge in [-0.1, -0.05) is 30.3 Å². The van der Waals surface area contributed by atoms with Crippen LogP contribution in [-0.2, 0) is 11.3 Å². The average molecular weight is 338 g/mol. The van der Waals surface area contributed by atoms with Crippen LogP contribution in [0.4, 0.5) is 11.4 Å². The number of nitrogens with one attached hydrogen (secondary N) is 2. The molecule has 1 fully saturated rings. The summed E-state index contributed by atoms with van der Waals surface area (Å²) in [4.78, 5) is 16.0. The summed E-state index contributed by atoms with van der Waals surface area (Å²) in [6.45, 7) is 6.69. The zero-order chi connectivity index (χ0) is 17.5.